The minimum absolute atomic E-state index is 0.0565. The Hall–Kier alpha value is -2.23. The van der Waals surface area contributed by atoms with Crippen LogP contribution in [0.3, 0.4) is 0 Å². The second kappa shape index (κ2) is 8.02. The normalized spacial score (nSPS) is 15.6. The molecule has 1 aliphatic rings. The quantitative estimate of drug-likeness (QED) is 0.817. The molecular formula is C19H26N4O4S. The molecule has 3 rings (SSSR count). The van der Waals surface area contributed by atoms with Crippen LogP contribution in [0.2, 0.25) is 0 Å². The number of rotatable bonds is 5. The molecule has 0 aliphatic carbocycles. The van der Waals surface area contributed by atoms with Gasteiger partial charge in [0.2, 0.25) is 15.9 Å². The Labute approximate surface area is 165 Å². The zero-order valence-electron chi connectivity index (χ0n) is 16.7. The van der Waals surface area contributed by atoms with Gasteiger partial charge in [-0.15, -0.1) is 0 Å². The first-order valence-electron chi connectivity index (χ1n) is 9.19. The van der Waals surface area contributed by atoms with E-state index in [0.717, 1.165) is 16.8 Å². The number of aryl methyl sites for hydroxylation is 3. The first-order chi connectivity index (χ1) is 13.2. The van der Waals surface area contributed by atoms with Crippen LogP contribution < -0.4 is 5.32 Å². The fourth-order valence-electron chi connectivity index (χ4n) is 3.45. The van der Waals surface area contributed by atoms with E-state index in [4.69, 9.17) is 4.74 Å². The van der Waals surface area contributed by atoms with E-state index in [2.05, 4.69) is 10.4 Å². The number of ether oxygens (including phenoxy) is 1. The number of aromatic nitrogens is 2. The summed E-state index contributed by atoms with van der Waals surface area (Å²) in [6.45, 7) is 8.53. The summed E-state index contributed by atoms with van der Waals surface area (Å²) in [5.74, 6) is -0.252. The van der Waals surface area contributed by atoms with Crippen LogP contribution >= 0.6 is 0 Å². The summed E-state index contributed by atoms with van der Waals surface area (Å²) in [5, 5.41) is 7.23. The molecule has 152 valence electrons. The van der Waals surface area contributed by atoms with Crippen molar-refractivity contribution in [2.45, 2.75) is 39.1 Å². The van der Waals surface area contributed by atoms with Crippen LogP contribution in [-0.4, -0.2) is 54.7 Å². The topological polar surface area (TPSA) is 93.5 Å². The lowest BCUT2D eigenvalue weighted by molar-refractivity contribution is -0.117. The third-order valence-corrected chi connectivity index (χ3v) is 7.07. The second-order valence-corrected chi connectivity index (χ2v) is 8.86. The molecule has 1 aliphatic heterocycles. The minimum atomic E-state index is -3.67. The van der Waals surface area contributed by atoms with Crippen LogP contribution in [-0.2, 0) is 26.1 Å². The highest BCUT2D eigenvalue weighted by Gasteiger charge is 2.32. The van der Waals surface area contributed by atoms with Crippen molar-refractivity contribution in [2.75, 3.05) is 31.6 Å². The summed E-state index contributed by atoms with van der Waals surface area (Å²) >= 11 is 0. The highest BCUT2D eigenvalue weighted by Crippen LogP contribution is 2.25. The maximum Gasteiger partial charge on any atom is 0.246 e. The molecule has 1 amide bonds. The van der Waals surface area contributed by atoms with Gasteiger partial charge in [-0.2, -0.15) is 9.40 Å². The van der Waals surface area contributed by atoms with E-state index in [-0.39, 0.29) is 17.3 Å². The van der Waals surface area contributed by atoms with E-state index < -0.39 is 10.0 Å². The average Bonchev–Trinajstić information content (AvgIpc) is 2.93. The summed E-state index contributed by atoms with van der Waals surface area (Å²) in [6, 6.07) is 5.79. The highest BCUT2D eigenvalue weighted by molar-refractivity contribution is 7.89. The summed E-state index contributed by atoms with van der Waals surface area (Å²) in [6.07, 6.45) is 0. The van der Waals surface area contributed by atoms with E-state index in [1.54, 1.807) is 13.8 Å². The molecule has 8 nitrogen and oxygen atoms in total. The van der Waals surface area contributed by atoms with Gasteiger partial charge in [0, 0.05) is 18.8 Å². The van der Waals surface area contributed by atoms with Crippen LogP contribution in [0.4, 0.5) is 5.69 Å². The number of hydrogen-bond donors (Lipinski definition) is 1. The van der Waals surface area contributed by atoms with Gasteiger partial charge in [0.1, 0.15) is 11.4 Å². The van der Waals surface area contributed by atoms with Gasteiger partial charge in [-0.3, -0.25) is 9.48 Å². The van der Waals surface area contributed by atoms with Crippen molar-refractivity contribution < 1.29 is 17.9 Å². The SMILES string of the molecule is Cc1cccc(C)c1NC(=O)Cn1nc(C)c(S(=O)(=O)N2CCOCC2)c1C. The fourth-order valence-corrected chi connectivity index (χ4v) is 5.23. The van der Waals surface area contributed by atoms with Gasteiger partial charge >= 0.3 is 0 Å². The van der Waals surface area contributed by atoms with Crippen LogP contribution in [0, 0.1) is 27.7 Å². The van der Waals surface area contributed by atoms with Gasteiger partial charge in [0.25, 0.3) is 0 Å². The van der Waals surface area contributed by atoms with Crippen molar-refractivity contribution in [1.29, 1.82) is 0 Å². The monoisotopic (exact) mass is 406 g/mol. The molecule has 0 radical (unpaired) electrons. The number of carbonyl (C=O) groups is 1. The van der Waals surface area contributed by atoms with Crippen molar-refractivity contribution in [2.24, 2.45) is 0 Å². The fraction of sp³-hybridized carbons (Fsp3) is 0.474. The lowest BCUT2D eigenvalue weighted by atomic mass is 10.1. The molecule has 1 N–H and O–H groups in total. The number of carbonyl (C=O) groups excluding carboxylic acids is 1. The Bertz CT molecular complexity index is 971. The van der Waals surface area contributed by atoms with Crippen molar-refractivity contribution in [3.8, 4) is 0 Å². The minimum Gasteiger partial charge on any atom is -0.379 e. The predicted molar refractivity (Wildman–Crippen MR) is 106 cm³/mol. The molecule has 1 aromatic carbocycles. The molecule has 1 saturated heterocycles. The average molecular weight is 407 g/mol. The largest absolute Gasteiger partial charge is 0.379 e. The van der Waals surface area contributed by atoms with Gasteiger partial charge in [-0.05, 0) is 38.8 Å². The lowest BCUT2D eigenvalue weighted by Gasteiger charge is -2.26. The molecular weight excluding hydrogens is 380 g/mol. The maximum absolute atomic E-state index is 13.0. The molecule has 1 aromatic heterocycles. The standard InChI is InChI=1S/C19H26N4O4S/c1-13-6-5-7-14(2)18(13)20-17(24)12-23-16(4)19(15(3)21-23)28(25,26)22-8-10-27-11-9-22/h5-7H,8-12H2,1-4H3,(H,20,24). The van der Waals surface area contributed by atoms with E-state index in [1.165, 1.54) is 8.99 Å². The smallest absolute Gasteiger partial charge is 0.246 e. The first kappa shape index (κ1) is 20.5. The molecule has 0 atom stereocenters. The van der Waals surface area contributed by atoms with Crippen LogP contribution in [0.5, 0.6) is 0 Å². The van der Waals surface area contributed by atoms with Crippen molar-refractivity contribution >= 4 is 21.6 Å². The molecule has 0 bridgehead atoms. The van der Waals surface area contributed by atoms with Gasteiger partial charge < -0.3 is 10.1 Å². The molecule has 0 spiro atoms. The number of nitrogens with zero attached hydrogens (tertiary/aromatic N) is 3. The van der Waals surface area contributed by atoms with Crippen LogP contribution in [0.1, 0.15) is 22.5 Å². The Morgan fingerprint density at radius 3 is 2.36 bits per heavy atom. The van der Waals surface area contributed by atoms with Crippen LogP contribution in [0.25, 0.3) is 0 Å². The van der Waals surface area contributed by atoms with Crippen molar-refractivity contribution in [3.63, 3.8) is 0 Å². The molecule has 0 unspecified atom stereocenters. The summed E-state index contributed by atoms with van der Waals surface area (Å²) in [5.41, 5.74) is 3.56. The maximum atomic E-state index is 13.0. The Morgan fingerprint density at radius 1 is 1.14 bits per heavy atom. The molecule has 2 aromatic rings. The molecule has 0 saturated carbocycles. The number of nitrogens with one attached hydrogen (secondary N) is 1. The summed E-state index contributed by atoms with van der Waals surface area (Å²) in [4.78, 5) is 12.7. The molecule has 28 heavy (non-hydrogen) atoms. The zero-order chi connectivity index (χ0) is 20.5. The number of sulfonamides is 1. The lowest BCUT2D eigenvalue weighted by Crippen LogP contribution is -2.41. The number of anilines is 1. The summed E-state index contributed by atoms with van der Waals surface area (Å²) in [7, 11) is -3.67. The first-order valence-corrected chi connectivity index (χ1v) is 10.6. The predicted octanol–water partition coefficient (Wildman–Crippen LogP) is 1.78. The zero-order valence-corrected chi connectivity index (χ0v) is 17.5. The third kappa shape index (κ3) is 3.96. The van der Waals surface area contributed by atoms with Gasteiger partial charge in [-0.25, -0.2) is 8.42 Å². The summed E-state index contributed by atoms with van der Waals surface area (Å²) < 4.78 is 34.2. The number of amides is 1. The van der Waals surface area contributed by atoms with Gasteiger partial charge in [-0.1, -0.05) is 18.2 Å². The third-order valence-electron chi connectivity index (χ3n) is 4.92. The van der Waals surface area contributed by atoms with Crippen molar-refractivity contribution in [3.05, 3.63) is 40.7 Å². The second-order valence-electron chi connectivity index (χ2n) is 6.99. The Kier molecular flexibility index (Phi) is 5.87. The number of benzene rings is 1. The molecule has 9 heteroatoms. The van der Waals surface area contributed by atoms with Crippen molar-refractivity contribution in [1.82, 2.24) is 14.1 Å². The van der Waals surface area contributed by atoms with E-state index in [0.29, 0.717) is 37.7 Å². The molecule has 1 fully saturated rings. The van der Waals surface area contributed by atoms with Crippen LogP contribution in [0.15, 0.2) is 23.1 Å². The number of hydrogen-bond acceptors (Lipinski definition) is 5. The van der Waals surface area contributed by atoms with E-state index in [1.807, 2.05) is 32.0 Å². The Morgan fingerprint density at radius 2 is 1.75 bits per heavy atom. The van der Waals surface area contributed by atoms with Gasteiger partial charge in [0.15, 0.2) is 0 Å². The van der Waals surface area contributed by atoms with Gasteiger partial charge in [0.05, 0.1) is 24.6 Å². The number of para-hydroxylation sites is 1. The number of morpholine rings is 1. The van der Waals surface area contributed by atoms with E-state index >= 15 is 0 Å². The highest BCUT2D eigenvalue weighted by atomic mass is 32.2. The molecule has 2 heterocycles. The Balaban J connectivity index is 1.83. The van der Waals surface area contributed by atoms with E-state index in [9.17, 15) is 13.2 Å².